The molecule has 9 heteroatoms. The number of hydrogen-bond acceptors (Lipinski definition) is 0. The van der Waals surface area contributed by atoms with Gasteiger partial charge >= 0.3 is 36.4 Å². The van der Waals surface area contributed by atoms with Crippen molar-refractivity contribution >= 4 is 41.2 Å². The fourth-order valence-corrected chi connectivity index (χ4v) is 4.76. The molecular formula is C26H21F6N2Sb. The van der Waals surface area contributed by atoms with E-state index in [1.165, 1.54) is 55.4 Å². The monoisotopic (exact) mass is 596 g/mol. The molecule has 0 bridgehead atoms. The van der Waals surface area contributed by atoms with Crippen LogP contribution in [-0.2, 0) is 13.0 Å². The van der Waals surface area contributed by atoms with Crippen LogP contribution in [0, 0.1) is 6.92 Å². The van der Waals surface area contributed by atoms with Gasteiger partial charge in [0.25, 0.3) is 0 Å². The second-order valence-electron chi connectivity index (χ2n) is 8.72. The molecule has 0 unspecified atom stereocenters. The average Bonchev–Trinajstić information content (AvgIpc) is 3.15. The van der Waals surface area contributed by atoms with Crippen molar-refractivity contribution in [1.29, 1.82) is 0 Å². The predicted molar refractivity (Wildman–Crippen MR) is 128 cm³/mol. The van der Waals surface area contributed by atoms with Crippen molar-refractivity contribution in [3.63, 3.8) is 0 Å². The number of halogens is 6. The van der Waals surface area contributed by atoms with Gasteiger partial charge in [-0.1, -0.05) is 54.1 Å². The number of aryl methyl sites for hydroxylation is 2. The van der Waals surface area contributed by atoms with Crippen LogP contribution in [-0.4, -0.2) is 24.5 Å². The van der Waals surface area contributed by atoms with Crippen molar-refractivity contribution in [3.05, 3.63) is 90.0 Å². The Kier molecular flexibility index (Phi) is 5.09. The van der Waals surface area contributed by atoms with Gasteiger partial charge in [0.15, 0.2) is 6.54 Å². The van der Waals surface area contributed by atoms with Crippen LogP contribution in [0.2, 0.25) is 0 Å². The molecule has 0 saturated carbocycles. The third-order valence-electron chi connectivity index (χ3n) is 6.02. The molecule has 5 aromatic rings. The topological polar surface area (TPSA) is 19.7 Å². The Hall–Kier alpha value is -2.99. The van der Waals surface area contributed by atoms with Gasteiger partial charge in [0.2, 0.25) is 11.4 Å². The zero-order valence-corrected chi connectivity index (χ0v) is 21.1. The van der Waals surface area contributed by atoms with Crippen LogP contribution in [0.5, 0.6) is 0 Å². The Morgan fingerprint density at radius 2 is 1.43 bits per heavy atom. The summed E-state index contributed by atoms with van der Waals surface area (Å²) in [5.74, 6) is 0. The molecular weight excluding hydrogens is 576 g/mol. The third kappa shape index (κ3) is 5.32. The Labute approximate surface area is 199 Å². The molecule has 1 aliphatic heterocycles. The van der Waals surface area contributed by atoms with Gasteiger partial charge in [-0.3, -0.25) is 0 Å². The van der Waals surface area contributed by atoms with E-state index in [1.807, 2.05) is 0 Å². The molecule has 6 rings (SSSR count). The van der Waals surface area contributed by atoms with E-state index in [2.05, 4.69) is 95.3 Å². The zero-order chi connectivity index (χ0) is 25.1. The molecule has 0 fully saturated rings. The van der Waals surface area contributed by atoms with Crippen molar-refractivity contribution in [2.24, 2.45) is 0 Å². The van der Waals surface area contributed by atoms with Crippen LogP contribution in [0.4, 0.5) is 16.9 Å². The number of fused-ring (bicyclic) bond motifs is 7. The van der Waals surface area contributed by atoms with Gasteiger partial charge in [-0.05, 0) is 42.1 Å². The number of nitrogens with one attached hydrogen (secondary N) is 1. The van der Waals surface area contributed by atoms with Crippen LogP contribution >= 0.6 is 0 Å². The molecule has 0 amide bonds. The standard InChI is InChI=1S/C26H20N2.6FH.Sb/c1-17-7-6-9-19(15-17)24-16-18-8-2-3-10-20(18)26-25-22(13-14-28(24)26)21-11-4-5-12-23(21)27-25;;;;;;;/h2-12,15-16H,13-14H2,1H3;6*1H;/q;;;;;;;+5/p-5. The van der Waals surface area contributed by atoms with Crippen LogP contribution < -0.4 is 4.57 Å². The molecule has 0 aliphatic carbocycles. The summed E-state index contributed by atoms with van der Waals surface area (Å²) in [5, 5.41) is 3.96. The van der Waals surface area contributed by atoms with Gasteiger partial charge in [-0.15, -0.1) is 0 Å². The predicted octanol–water partition coefficient (Wildman–Crippen LogP) is 7.95. The van der Waals surface area contributed by atoms with E-state index < -0.39 is 19.5 Å². The molecule has 0 spiro atoms. The fraction of sp³-hybridized carbons (Fsp3) is 0.115. The van der Waals surface area contributed by atoms with Crippen molar-refractivity contribution in [2.45, 2.75) is 19.9 Å². The minimum atomic E-state index is -11.2. The molecule has 0 radical (unpaired) electrons. The maximum atomic E-state index is 9.93. The minimum absolute atomic E-state index is 0.998. The molecule has 0 saturated heterocycles. The van der Waals surface area contributed by atoms with E-state index in [-0.39, 0.29) is 0 Å². The Balaban J connectivity index is 0.000000320. The zero-order valence-electron chi connectivity index (χ0n) is 18.6. The van der Waals surface area contributed by atoms with Crippen LogP contribution in [0.15, 0.2) is 78.9 Å². The van der Waals surface area contributed by atoms with Crippen LogP contribution in [0.3, 0.4) is 0 Å². The average molecular weight is 597 g/mol. The first-order valence-electron chi connectivity index (χ1n) is 10.9. The molecule has 1 aliphatic rings. The second-order valence-corrected chi connectivity index (χ2v) is 14.2. The molecule has 2 nitrogen and oxygen atoms in total. The van der Waals surface area contributed by atoms with Gasteiger partial charge in [0.05, 0.1) is 5.39 Å². The summed E-state index contributed by atoms with van der Waals surface area (Å²) in [6, 6.07) is 28.6. The summed E-state index contributed by atoms with van der Waals surface area (Å²) in [6.07, 6.45) is 1.05. The normalized spacial score (nSPS) is 14.9. The van der Waals surface area contributed by atoms with E-state index in [0.29, 0.717) is 0 Å². The fourth-order valence-electron chi connectivity index (χ4n) is 4.76. The summed E-state index contributed by atoms with van der Waals surface area (Å²) in [6.45, 7) is 3.16. The summed E-state index contributed by atoms with van der Waals surface area (Å²) < 4.78 is 62.1. The molecule has 3 heterocycles. The summed E-state index contributed by atoms with van der Waals surface area (Å²) in [4.78, 5) is 3.73. The van der Waals surface area contributed by atoms with E-state index >= 15 is 0 Å². The Morgan fingerprint density at radius 1 is 0.771 bits per heavy atom. The van der Waals surface area contributed by atoms with Crippen LogP contribution in [0.1, 0.15) is 11.1 Å². The Morgan fingerprint density at radius 3 is 2.14 bits per heavy atom. The van der Waals surface area contributed by atoms with E-state index in [9.17, 15) is 16.9 Å². The molecule has 2 aromatic heterocycles. The first-order valence-corrected chi connectivity index (χ1v) is 16.7. The van der Waals surface area contributed by atoms with Crippen molar-refractivity contribution < 1.29 is 21.4 Å². The van der Waals surface area contributed by atoms with Gasteiger partial charge in [0, 0.05) is 29.0 Å². The molecule has 0 atom stereocenters. The van der Waals surface area contributed by atoms with Gasteiger partial charge < -0.3 is 4.98 Å². The number of pyridine rings is 1. The second kappa shape index (κ2) is 7.50. The van der Waals surface area contributed by atoms with Crippen molar-refractivity contribution in [2.75, 3.05) is 0 Å². The quantitative estimate of drug-likeness (QED) is 0.115. The third-order valence-corrected chi connectivity index (χ3v) is 6.02. The van der Waals surface area contributed by atoms with Gasteiger partial charge in [-0.25, -0.2) is 0 Å². The van der Waals surface area contributed by atoms with Crippen molar-refractivity contribution in [1.82, 2.24) is 4.98 Å². The molecule has 35 heavy (non-hydrogen) atoms. The van der Waals surface area contributed by atoms with Gasteiger partial charge in [-0.2, -0.15) is 4.57 Å². The van der Waals surface area contributed by atoms with E-state index in [0.717, 1.165) is 13.0 Å². The number of hydrogen-bond donors (Lipinski definition) is 1. The number of H-pyrrole nitrogens is 1. The van der Waals surface area contributed by atoms with Crippen LogP contribution in [0.25, 0.3) is 44.3 Å². The first kappa shape index (κ1) is 23.7. The molecule has 182 valence electrons. The molecule has 3 aromatic carbocycles. The maximum absolute atomic E-state index is 11.2. The number of benzene rings is 3. The summed E-state index contributed by atoms with van der Waals surface area (Å²) in [5.41, 5.74) is 9.13. The number of para-hydroxylation sites is 1. The van der Waals surface area contributed by atoms with Gasteiger partial charge in [0.1, 0.15) is 5.69 Å². The first-order chi connectivity index (χ1) is 16.2. The number of rotatable bonds is 1. The number of aromatic amines is 1. The number of aromatic nitrogens is 2. The summed E-state index contributed by atoms with van der Waals surface area (Å²) >= 11 is -11.2. The Bertz CT molecular complexity index is 1590. The number of nitrogens with zero attached hydrogens (tertiary/aromatic N) is 1. The summed E-state index contributed by atoms with van der Waals surface area (Å²) in [7, 11) is 0. The van der Waals surface area contributed by atoms with E-state index in [4.69, 9.17) is 0 Å². The SMILES string of the molecule is Cc1cccc(-c2cc3ccccc3c3[n+]2CCc2c-3[nH]c3ccccc23)c1.[F][Sb-]([F])([F])([F])([F])[F]. The van der Waals surface area contributed by atoms with Crippen molar-refractivity contribution in [3.8, 4) is 22.6 Å². The van der Waals surface area contributed by atoms with E-state index in [1.54, 1.807) is 0 Å². The molecule has 1 N–H and O–H groups in total.